The summed E-state index contributed by atoms with van der Waals surface area (Å²) < 4.78 is 5.11. The summed E-state index contributed by atoms with van der Waals surface area (Å²) in [7, 11) is 1.55. The highest BCUT2D eigenvalue weighted by Crippen LogP contribution is 2.75. The van der Waals surface area contributed by atoms with Gasteiger partial charge in [0, 0.05) is 36.4 Å². The van der Waals surface area contributed by atoms with E-state index in [4.69, 9.17) is 4.74 Å². The topological polar surface area (TPSA) is 29.5 Å². The van der Waals surface area contributed by atoms with Crippen LogP contribution in [0, 0.1) is 34.0 Å². The Kier molecular flexibility index (Phi) is 3.94. The standard InChI is InChI=1S/C24H37NO2/c1-16(2)18-8-11-22(3)17-7-12-23-10-5-6-19(23)24(22,13-9-20(26)27-4)21(18)25(14-17)15-23/h6,16-18,21H,5,7-15H2,1-4H3/t17?,18-,21?,22?,23+,24+/m1/s1. The molecule has 0 N–H and O–H groups in total. The number of rotatable bonds is 4. The normalized spacial score (nSPS) is 49.7. The minimum atomic E-state index is -0.0187. The number of piperidine rings is 2. The lowest BCUT2D eigenvalue weighted by Crippen LogP contribution is -2.74. The molecule has 0 aromatic heterocycles. The fourth-order valence-electron chi connectivity index (χ4n) is 8.85. The molecule has 6 aliphatic rings. The molecule has 5 fully saturated rings. The molecule has 0 amide bonds. The Morgan fingerprint density at radius 3 is 2.85 bits per heavy atom. The lowest BCUT2D eigenvalue weighted by atomic mass is 9.39. The first kappa shape index (κ1) is 18.2. The van der Waals surface area contributed by atoms with E-state index in [0.717, 1.165) is 18.3 Å². The Bertz CT molecular complexity index is 684. The average Bonchev–Trinajstić information content (AvgIpc) is 2.94. The summed E-state index contributed by atoms with van der Waals surface area (Å²) in [6.07, 6.45) is 12.3. The number of allylic oxidation sites excluding steroid dienone is 1. The molecule has 3 aliphatic carbocycles. The van der Waals surface area contributed by atoms with Crippen molar-refractivity contribution in [2.75, 3.05) is 20.2 Å². The zero-order valence-corrected chi connectivity index (χ0v) is 17.7. The number of esters is 1. The highest BCUT2D eigenvalue weighted by Gasteiger charge is 2.73. The van der Waals surface area contributed by atoms with Gasteiger partial charge in [-0.2, -0.15) is 0 Å². The summed E-state index contributed by atoms with van der Waals surface area (Å²) in [4.78, 5) is 15.2. The Labute approximate surface area is 164 Å². The van der Waals surface area contributed by atoms with E-state index in [1.807, 2.05) is 0 Å². The first-order chi connectivity index (χ1) is 12.9. The molecule has 4 unspecified atom stereocenters. The predicted molar refractivity (Wildman–Crippen MR) is 107 cm³/mol. The fourth-order valence-corrected chi connectivity index (χ4v) is 8.85. The van der Waals surface area contributed by atoms with E-state index in [9.17, 15) is 4.79 Å². The van der Waals surface area contributed by atoms with Gasteiger partial charge < -0.3 is 4.74 Å². The van der Waals surface area contributed by atoms with E-state index in [0.29, 0.717) is 29.2 Å². The van der Waals surface area contributed by atoms with Gasteiger partial charge in [0.2, 0.25) is 0 Å². The number of carbonyl (C=O) groups excluding carboxylic acids is 1. The monoisotopic (exact) mass is 371 g/mol. The van der Waals surface area contributed by atoms with Crippen LogP contribution in [0.25, 0.3) is 0 Å². The second kappa shape index (κ2) is 5.84. The zero-order valence-electron chi connectivity index (χ0n) is 17.7. The van der Waals surface area contributed by atoms with Crippen LogP contribution in [-0.2, 0) is 9.53 Å². The van der Waals surface area contributed by atoms with Crippen molar-refractivity contribution in [3.8, 4) is 0 Å². The summed E-state index contributed by atoms with van der Waals surface area (Å²) in [5, 5.41) is 0. The van der Waals surface area contributed by atoms with E-state index in [1.165, 1.54) is 51.6 Å². The Morgan fingerprint density at radius 2 is 2.11 bits per heavy atom. The van der Waals surface area contributed by atoms with Gasteiger partial charge in [-0.3, -0.25) is 9.69 Å². The van der Waals surface area contributed by atoms with Crippen LogP contribution >= 0.6 is 0 Å². The third kappa shape index (κ3) is 2.10. The van der Waals surface area contributed by atoms with Crippen LogP contribution in [0.4, 0.5) is 0 Å². The lowest BCUT2D eigenvalue weighted by Gasteiger charge is -2.72. The van der Waals surface area contributed by atoms with Crippen LogP contribution in [0.5, 0.6) is 0 Å². The molecule has 27 heavy (non-hydrogen) atoms. The van der Waals surface area contributed by atoms with Crippen LogP contribution in [0.15, 0.2) is 11.6 Å². The molecule has 6 rings (SSSR count). The summed E-state index contributed by atoms with van der Waals surface area (Å²) in [6, 6.07) is 0.632. The quantitative estimate of drug-likeness (QED) is 0.524. The third-order valence-corrected chi connectivity index (χ3v) is 9.98. The molecule has 2 saturated carbocycles. The number of methoxy groups -OCH3 is 1. The molecule has 3 heterocycles. The molecule has 3 nitrogen and oxygen atoms in total. The zero-order chi connectivity index (χ0) is 19.0. The molecule has 3 heteroatoms. The summed E-state index contributed by atoms with van der Waals surface area (Å²) in [5.41, 5.74) is 2.77. The third-order valence-electron chi connectivity index (χ3n) is 9.98. The van der Waals surface area contributed by atoms with Crippen molar-refractivity contribution in [3.63, 3.8) is 0 Å². The Balaban J connectivity index is 1.70. The van der Waals surface area contributed by atoms with E-state index < -0.39 is 0 Å². The van der Waals surface area contributed by atoms with Gasteiger partial charge >= 0.3 is 5.97 Å². The van der Waals surface area contributed by atoms with Crippen molar-refractivity contribution in [2.24, 2.45) is 34.0 Å². The first-order valence-electron chi connectivity index (χ1n) is 11.4. The van der Waals surface area contributed by atoms with Gasteiger partial charge in [0.25, 0.3) is 0 Å². The molecule has 3 aliphatic heterocycles. The highest BCUT2D eigenvalue weighted by molar-refractivity contribution is 5.69. The van der Waals surface area contributed by atoms with Gasteiger partial charge in [-0.15, -0.1) is 0 Å². The van der Waals surface area contributed by atoms with Crippen molar-refractivity contribution in [1.82, 2.24) is 4.90 Å². The van der Waals surface area contributed by atoms with Gasteiger partial charge in [-0.1, -0.05) is 32.4 Å². The highest BCUT2D eigenvalue weighted by atomic mass is 16.5. The lowest BCUT2D eigenvalue weighted by molar-refractivity contribution is -0.196. The van der Waals surface area contributed by atoms with Crippen LogP contribution < -0.4 is 0 Å². The first-order valence-corrected chi connectivity index (χ1v) is 11.4. The minimum absolute atomic E-state index is 0.0187. The molecule has 3 saturated heterocycles. The molecular weight excluding hydrogens is 334 g/mol. The number of ether oxygens (including phenoxy) is 1. The van der Waals surface area contributed by atoms with Crippen LogP contribution in [0.1, 0.15) is 72.1 Å². The van der Waals surface area contributed by atoms with Gasteiger partial charge in [-0.05, 0) is 68.1 Å². The molecule has 0 aromatic rings. The van der Waals surface area contributed by atoms with E-state index in [2.05, 4.69) is 31.7 Å². The SMILES string of the molecule is COC(=O)CC[C@]12C3=CCC[C@@]34CCC3CN(C4)C1[C@@H](C(C)C)CCC32C. The van der Waals surface area contributed by atoms with Crippen LogP contribution in [0.3, 0.4) is 0 Å². The maximum Gasteiger partial charge on any atom is 0.305 e. The second-order valence-electron chi connectivity index (χ2n) is 11.0. The van der Waals surface area contributed by atoms with Crippen molar-refractivity contribution in [1.29, 1.82) is 0 Å². The molecule has 0 radical (unpaired) electrons. The molecule has 1 spiro atoms. The van der Waals surface area contributed by atoms with Crippen LogP contribution in [0.2, 0.25) is 0 Å². The largest absolute Gasteiger partial charge is 0.469 e. The van der Waals surface area contributed by atoms with Gasteiger partial charge in [0.15, 0.2) is 0 Å². The van der Waals surface area contributed by atoms with Crippen molar-refractivity contribution >= 4 is 5.97 Å². The van der Waals surface area contributed by atoms with Gasteiger partial charge in [-0.25, -0.2) is 0 Å². The number of fused-ring (bicyclic) bond motifs is 1. The fraction of sp³-hybridized carbons (Fsp3) is 0.875. The second-order valence-corrected chi connectivity index (χ2v) is 11.0. The minimum Gasteiger partial charge on any atom is -0.469 e. The average molecular weight is 372 g/mol. The molecular formula is C24H37NO2. The molecule has 150 valence electrons. The van der Waals surface area contributed by atoms with Crippen molar-refractivity contribution in [2.45, 2.75) is 78.2 Å². The van der Waals surface area contributed by atoms with Crippen molar-refractivity contribution in [3.05, 3.63) is 11.6 Å². The van der Waals surface area contributed by atoms with E-state index >= 15 is 0 Å². The number of carbonyl (C=O) groups is 1. The number of hydrogen-bond acceptors (Lipinski definition) is 3. The maximum absolute atomic E-state index is 12.3. The summed E-state index contributed by atoms with van der Waals surface area (Å²) >= 11 is 0. The number of nitrogens with zero attached hydrogens (tertiary/aromatic N) is 1. The number of hydrogen-bond donors (Lipinski definition) is 0. The van der Waals surface area contributed by atoms with Crippen LogP contribution in [-0.4, -0.2) is 37.1 Å². The van der Waals surface area contributed by atoms with Crippen molar-refractivity contribution < 1.29 is 9.53 Å². The van der Waals surface area contributed by atoms with Gasteiger partial charge in [0.05, 0.1) is 7.11 Å². The smallest absolute Gasteiger partial charge is 0.305 e. The van der Waals surface area contributed by atoms with E-state index in [1.54, 1.807) is 12.7 Å². The summed E-state index contributed by atoms with van der Waals surface area (Å²) in [6.45, 7) is 10.1. The molecule has 0 aromatic carbocycles. The summed E-state index contributed by atoms with van der Waals surface area (Å²) in [5.74, 6) is 2.25. The molecule has 6 bridgehead atoms. The predicted octanol–water partition coefficient (Wildman–Crippen LogP) is 4.81. The maximum atomic E-state index is 12.3. The Hall–Kier alpha value is -0.830. The van der Waals surface area contributed by atoms with Gasteiger partial charge in [0.1, 0.15) is 0 Å². The molecule has 7 atom stereocenters. The Morgan fingerprint density at radius 1 is 1.30 bits per heavy atom. The van der Waals surface area contributed by atoms with E-state index in [-0.39, 0.29) is 11.4 Å².